The van der Waals surface area contributed by atoms with E-state index in [1.165, 1.54) is 7.11 Å². The molecule has 17 heteroatoms. The fourth-order valence-corrected chi connectivity index (χ4v) is 6.25. The van der Waals surface area contributed by atoms with Crippen LogP contribution in [0, 0.1) is 27.7 Å². The van der Waals surface area contributed by atoms with Crippen molar-refractivity contribution in [1.82, 2.24) is 29.4 Å². The lowest BCUT2D eigenvalue weighted by Crippen LogP contribution is -2.24. The summed E-state index contributed by atoms with van der Waals surface area (Å²) in [6.45, 7) is 11.9. The zero-order valence-electron chi connectivity index (χ0n) is 34.8. The Hall–Kier alpha value is -7.17. The zero-order valence-corrected chi connectivity index (χ0v) is 34.8. The van der Waals surface area contributed by atoms with Crippen molar-refractivity contribution in [1.29, 1.82) is 0 Å². The lowest BCUT2D eigenvalue weighted by atomic mass is 10.1. The first kappa shape index (κ1) is 43.9. The first-order valence-electron chi connectivity index (χ1n) is 19.5. The Morgan fingerprint density at radius 3 is 1.55 bits per heavy atom. The van der Waals surface area contributed by atoms with Gasteiger partial charge in [0.05, 0.1) is 29.3 Å². The second-order valence-electron chi connectivity index (χ2n) is 13.8. The average Bonchev–Trinajstić information content (AvgIpc) is 3.77. The third-order valence-electron chi connectivity index (χ3n) is 9.41. The van der Waals surface area contributed by atoms with Crippen LogP contribution >= 0.6 is 0 Å². The predicted molar refractivity (Wildman–Crippen MR) is 231 cm³/mol. The Kier molecular flexibility index (Phi) is 15.0. The molecule has 0 aliphatic heterocycles. The number of halogens is 1. The van der Waals surface area contributed by atoms with Gasteiger partial charge < -0.3 is 39.5 Å². The molecular weight excluding hydrogens is 772 g/mol. The minimum absolute atomic E-state index is 0.0977. The Labute approximate surface area is 347 Å². The number of carbonyl (C=O) groups is 4. The van der Waals surface area contributed by atoms with Gasteiger partial charge in [-0.1, -0.05) is 26.0 Å². The molecule has 0 fully saturated rings. The monoisotopic (exact) mass is 822 g/mol. The molecule has 6 aromatic rings. The van der Waals surface area contributed by atoms with Crippen LogP contribution in [0.15, 0.2) is 73.6 Å². The summed E-state index contributed by atoms with van der Waals surface area (Å²) in [5.41, 5.74) is 8.98. The minimum atomic E-state index is -0.737. The van der Waals surface area contributed by atoms with E-state index in [4.69, 9.17) is 4.74 Å². The number of methoxy groups -OCH3 is 1. The summed E-state index contributed by atoms with van der Waals surface area (Å²) in [4.78, 5) is 57.1. The summed E-state index contributed by atoms with van der Waals surface area (Å²) in [7, 11) is 1.32. The normalized spacial score (nSPS) is 10.7. The molecule has 2 aromatic carbocycles. The Bertz CT molecular complexity index is 2500. The van der Waals surface area contributed by atoms with Crippen LogP contribution in [0.1, 0.15) is 69.7 Å². The van der Waals surface area contributed by atoms with Gasteiger partial charge in [-0.25, -0.2) is 23.9 Å². The predicted octanol–water partition coefficient (Wildman–Crippen LogP) is 8.37. The van der Waals surface area contributed by atoms with Crippen molar-refractivity contribution in [2.24, 2.45) is 0 Å². The van der Waals surface area contributed by atoms with Crippen molar-refractivity contribution >= 4 is 69.4 Å². The van der Waals surface area contributed by atoms with Gasteiger partial charge in [-0.3, -0.25) is 20.2 Å². The molecule has 0 radical (unpaired) electrons. The van der Waals surface area contributed by atoms with Crippen LogP contribution in [0.5, 0.6) is 0 Å². The van der Waals surface area contributed by atoms with Gasteiger partial charge >= 0.3 is 12.2 Å². The molecule has 0 aliphatic rings. The van der Waals surface area contributed by atoms with E-state index in [1.807, 2.05) is 80.9 Å². The third kappa shape index (κ3) is 10.7. The highest BCUT2D eigenvalue weighted by Crippen LogP contribution is 2.31. The molecule has 6 N–H and O–H groups in total. The van der Waals surface area contributed by atoms with Crippen molar-refractivity contribution < 1.29 is 33.0 Å². The molecule has 4 amide bonds. The zero-order chi connectivity index (χ0) is 43.3. The molecule has 0 spiro atoms. The van der Waals surface area contributed by atoms with Crippen LogP contribution in [0.25, 0.3) is 11.0 Å². The fraction of sp³-hybridized carbons (Fsp3) is 0.302. The number of aryl methyl sites for hydroxylation is 4. The number of anilines is 6. The van der Waals surface area contributed by atoms with Crippen molar-refractivity contribution in [3.63, 3.8) is 0 Å². The van der Waals surface area contributed by atoms with Gasteiger partial charge in [-0.2, -0.15) is 0 Å². The number of amides is 4. The van der Waals surface area contributed by atoms with Crippen LogP contribution in [0.3, 0.4) is 0 Å². The second-order valence-corrected chi connectivity index (χ2v) is 13.8. The minimum Gasteiger partial charge on any atom is -0.453 e. The Balaban J connectivity index is 0.000000228. The van der Waals surface area contributed by atoms with Gasteiger partial charge in [0.2, 0.25) is 0 Å². The topological polar surface area (TPSA) is 194 Å². The molecular formula is C43H51FN10O6. The van der Waals surface area contributed by atoms with Crippen molar-refractivity contribution in [2.75, 3.05) is 54.7 Å². The number of fused-ring (bicyclic) bond motifs is 2. The van der Waals surface area contributed by atoms with Crippen molar-refractivity contribution in [3.05, 3.63) is 107 Å². The highest BCUT2D eigenvalue weighted by Gasteiger charge is 2.19. The molecule has 60 heavy (non-hydrogen) atoms. The first-order chi connectivity index (χ1) is 28.9. The van der Waals surface area contributed by atoms with Crippen LogP contribution in [0.4, 0.5) is 48.4 Å². The molecule has 0 unspecified atom stereocenters. The molecule has 16 nitrogen and oxygen atoms in total. The Morgan fingerprint density at radius 2 is 1.13 bits per heavy atom. The summed E-state index contributed by atoms with van der Waals surface area (Å²) >= 11 is 0. The first-order valence-corrected chi connectivity index (χ1v) is 19.5. The van der Waals surface area contributed by atoms with Crippen molar-refractivity contribution in [2.45, 2.75) is 54.4 Å². The van der Waals surface area contributed by atoms with E-state index in [1.54, 1.807) is 43.0 Å². The summed E-state index contributed by atoms with van der Waals surface area (Å²) in [5.74, 6) is 0.982. The number of hydrogen-bond acceptors (Lipinski definition) is 10. The summed E-state index contributed by atoms with van der Waals surface area (Å²) in [6, 6.07) is 10.8. The summed E-state index contributed by atoms with van der Waals surface area (Å²) in [6.07, 6.45) is 11.0. The highest BCUT2D eigenvalue weighted by atomic mass is 19.1. The largest absolute Gasteiger partial charge is 0.453 e. The summed E-state index contributed by atoms with van der Waals surface area (Å²) < 4.78 is 25.3. The van der Waals surface area contributed by atoms with Gasteiger partial charge in [0.15, 0.2) is 11.6 Å². The molecule has 0 saturated heterocycles. The third-order valence-corrected chi connectivity index (χ3v) is 9.41. The molecule has 6 rings (SSSR count). The lowest BCUT2D eigenvalue weighted by molar-refractivity contribution is 0.0945. The summed E-state index contributed by atoms with van der Waals surface area (Å²) in [5, 5.41) is 17.7. The number of alkyl halides is 1. The molecule has 4 aromatic heterocycles. The standard InChI is InChI=1S/C22H26FN5O3.C21H25N5O3/c1-4-8-25-21(29)17-13-28-10-9-24-20(19(28)15(17)3)27-18-12-16(6-5-14(18)2)26-22(30)31-11-7-23;1-5-8-23-20(27)16-12-26-10-9-22-19(18(26)14(16)3)25-17-11-15(7-6-13(17)2)24-21(28)29-4/h5-6,9-10,12-13H,4,7-8,11H2,1-3H3,(H,24,27)(H,25,29)(H,26,30);6-7,9-12H,5,8H2,1-4H3,(H,22,25)(H,23,27)(H,24,28). The number of aromatic nitrogens is 4. The van der Waals surface area contributed by atoms with Gasteiger partial charge in [0.25, 0.3) is 11.8 Å². The van der Waals surface area contributed by atoms with Gasteiger partial charge in [-0.15, -0.1) is 0 Å². The van der Waals surface area contributed by atoms with Crippen LogP contribution in [-0.4, -0.2) is 76.3 Å². The second kappa shape index (κ2) is 20.5. The highest BCUT2D eigenvalue weighted by molar-refractivity contribution is 6.00. The van der Waals surface area contributed by atoms with Gasteiger partial charge in [0, 0.05) is 73.0 Å². The smallest absolute Gasteiger partial charge is 0.411 e. The SMILES string of the molecule is CCCNC(=O)c1cn2ccnc(Nc3cc(NC(=O)OC)ccc3C)c2c1C.CCCNC(=O)c1cn2ccnc(Nc3cc(NC(=O)OCCF)ccc3C)c2c1C. The van der Waals surface area contributed by atoms with E-state index in [2.05, 4.69) is 46.6 Å². The van der Waals surface area contributed by atoms with E-state index >= 15 is 0 Å². The maximum atomic E-state index is 12.5. The number of nitrogens with zero attached hydrogens (tertiary/aromatic N) is 4. The number of rotatable bonds is 14. The molecule has 0 bridgehead atoms. The fourth-order valence-electron chi connectivity index (χ4n) is 6.25. The molecule has 4 heterocycles. The van der Waals surface area contributed by atoms with E-state index in [9.17, 15) is 23.6 Å². The molecule has 0 saturated carbocycles. The maximum absolute atomic E-state index is 12.5. The number of ether oxygens (including phenoxy) is 2. The quantitative estimate of drug-likeness (QED) is 0.0622. The van der Waals surface area contributed by atoms with Gasteiger partial charge in [-0.05, 0) is 87.1 Å². The lowest BCUT2D eigenvalue weighted by Gasteiger charge is -2.13. The number of hydrogen-bond donors (Lipinski definition) is 6. The van der Waals surface area contributed by atoms with Crippen LogP contribution in [0.2, 0.25) is 0 Å². The van der Waals surface area contributed by atoms with Crippen LogP contribution in [-0.2, 0) is 9.47 Å². The average molecular weight is 823 g/mol. The number of carbonyl (C=O) groups excluding carboxylic acids is 4. The van der Waals surface area contributed by atoms with Crippen molar-refractivity contribution in [3.8, 4) is 0 Å². The van der Waals surface area contributed by atoms with E-state index < -0.39 is 18.9 Å². The number of nitrogens with one attached hydrogen (secondary N) is 6. The molecule has 316 valence electrons. The van der Waals surface area contributed by atoms with E-state index in [0.29, 0.717) is 47.2 Å². The van der Waals surface area contributed by atoms with E-state index in [0.717, 1.165) is 57.5 Å². The van der Waals surface area contributed by atoms with E-state index in [-0.39, 0.29) is 18.4 Å². The number of benzene rings is 2. The van der Waals surface area contributed by atoms with Crippen LogP contribution < -0.4 is 31.9 Å². The molecule has 0 aliphatic carbocycles. The van der Waals surface area contributed by atoms with Gasteiger partial charge in [0.1, 0.15) is 13.3 Å². The maximum Gasteiger partial charge on any atom is 0.411 e. The molecule has 0 atom stereocenters. The Morgan fingerprint density at radius 1 is 0.683 bits per heavy atom.